The number of hydrogen-bond donors (Lipinski definition) is 1. The van der Waals surface area contributed by atoms with E-state index in [1.807, 2.05) is 18.2 Å². The second-order valence-corrected chi connectivity index (χ2v) is 5.46. The van der Waals surface area contributed by atoms with E-state index in [9.17, 15) is 9.59 Å². The minimum absolute atomic E-state index is 0.227. The number of amides is 1. The molecule has 0 aliphatic carbocycles. The van der Waals surface area contributed by atoms with Crippen molar-refractivity contribution in [1.82, 2.24) is 29.9 Å². The Hall–Kier alpha value is -3.49. The fraction of sp³-hybridized carbons (Fsp3) is 0.235. The van der Waals surface area contributed by atoms with E-state index in [0.29, 0.717) is 11.6 Å². The molecule has 0 aliphatic rings. The minimum Gasteiger partial charge on any atom is -0.481 e. The Kier molecular flexibility index (Phi) is 5.37. The largest absolute Gasteiger partial charge is 0.481 e. The van der Waals surface area contributed by atoms with Gasteiger partial charge in [-0.1, -0.05) is 18.2 Å². The lowest BCUT2D eigenvalue weighted by Crippen LogP contribution is -2.39. The molecule has 1 atom stereocenters. The van der Waals surface area contributed by atoms with Crippen LogP contribution in [-0.2, 0) is 11.3 Å². The Morgan fingerprint density at radius 3 is 2.77 bits per heavy atom. The van der Waals surface area contributed by atoms with Crippen LogP contribution >= 0.6 is 0 Å². The molecule has 0 spiro atoms. The first-order chi connectivity index (χ1) is 12.6. The van der Waals surface area contributed by atoms with Crippen LogP contribution in [0.1, 0.15) is 6.92 Å². The summed E-state index contributed by atoms with van der Waals surface area (Å²) in [6.45, 7) is 2.14. The zero-order valence-electron chi connectivity index (χ0n) is 14.1. The Bertz CT molecular complexity index is 908. The number of hydrogen-bond acceptors (Lipinski definition) is 6. The molecule has 0 saturated carbocycles. The predicted octanol–water partition coefficient (Wildman–Crippen LogP) is 0.408. The van der Waals surface area contributed by atoms with Crippen LogP contribution in [0.15, 0.2) is 59.9 Å². The van der Waals surface area contributed by atoms with Gasteiger partial charge in [0.1, 0.15) is 18.4 Å². The standard InChI is InChI=1S/C17H18N6O3/c1-13(26-14-5-3-2-4-6-14)17(25)19-9-10-22-16(24)8-7-15(21-22)23-12-18-11-20-23/h2-8,11-13H,9-10H2,1H3,(H,19,25). The SMILES string of the molecule is CC(Oc1ccccc1)C(=O)NCCn1nc(-n2cncn2)ccc1=O. The molecule has 3 aromatic rings. The van der Waals surface area contributed by atoms with Gasteiger partial charge in [0, 0.05) is 12.6 Å². The molecule has 2 aromatic heterocycles. The quantitative estimate of drug-likeness (QED) is 0.659. The number of para-hydroxylation sites is 1. The molecular weight excluding hydrogens is 336 g/mol. The molecule has 2 heterocycles. The summed E-state index contributed by atoms with van der Waals surface area (Å²) in [4.78, 5) is 27.9. The molecule has 1 N–H and O–H groups in total. The molecule has 0 radical (unpaired) electrons. The monoisotopic (exact) mass is 354 g/mol. The van der Waals surface area contributed by atoms with Gasteiger partial charge >= 0.3 is 0 Å². The van der Waals surface area contributed by atoms with Crippen molar-refractivity contribution in [1.29, 1.82) is 0 Å². The van der Waals surface area contributed by atoms with E-state index in [-0.39, 0.29) is 24.6 Å². The number of carbonyl (C=O) groups excluding carboxylic acids is 1. The second kappa shape index (κ2) is 8.06. The van der Waals surface area contributed by atoms with Crippen LogP contribution in [0.5, 0.6) is 5.75 Å². The Morgan fingerprint density at radius 1 is 1.23 bits per heavy atom. The molecule has 1 unspecified atom stereocenters. The van der Waals surface area contributed by atoms with Gasteiger partial charge in [0.2, 0.25) is 0 Å². The number of ether oxygens (including phenoxy) is 1. The second-order valence-electron chi connectivity index (χ2n) is 5.46. The lowest BCUT2D eigenvalue weighted by atomic mass is 10.3. The Balaban J connectivity index is 1.55. The molecule has 9 heteroatoms. The summed E-state index contributed by atoms with van der Waals surface area (Å²) in [6.07, 6.45) is 2.22. The van der Waals surface area contributed by atoms with Crippen molar-refractivity contribution in [3.05, 3.63) is 65.5 Å². The zero-order chi connectivity index (χ0) is 18.4. The van der Waals surface area contributed by atoms with Gasteiger partial charge in [0.15, 0.2) is 11.9 Å². The van der Waals surface area contributed by atoms with E-state index in [4.69, 9.17) is 4.74 Å². The van der Waals surface area contributed by atoms with Crippen LogP contribution in [0.25, 0.3) is 5.82 Å². The maximum atomic E-state index is 12.1. The highest BCUT2D eigenvalue weighted by Crippen LogP contribution is 2.10. The zero-order valence-corrected chi connectivity index (χ0v) is 14.1. The lowest BCUT2D eigenvalue weighted by molar-refractivity contribution is -0.127. The molecule has 134 valence electrons. The average molecular weight is 354 g/mol. The van der Waals surface area contributed by atoms with E-state index < -0.39 is 6.10 Å². The third-order valence-corrected chi connectivity index (χ3v) is 3.55. The maximum Gasteiger partial charge on any atom is 0.266 e. The van der Waals surface area contributed by atoms with Crippen LogP contribution in [0.4, 0.5) is 0 Å². The van der Waals surface area contributed by atoms with Gasteiger partial charge in [-0.3, -0.25) is 9.59 Å². The number of benzene rings is 1. The van der Waals surface area contributed by atoms with Gasteiger partial charge in [-0.05, 0) is 25.1 Å². The summed E-state index contributed by atoms with van der Waals surface area (Å²) >= 11 is 0. The molecule has 0 aliphatic heterocycles. The van der Waals surface area contributed by atoms with Crippen molar-refractivity contribution < 1.29 is 9.53 Å². The summed E-state index contributed by atoms with van der Waals surface area (Å²) < 4.78 is 8.27. The molecule has 0 bridgehead atoms. The molecule has 1 aromatic carbocycles. The number of aromatic nitrogens is 5. The fourth-order valence-electron chi connectivity index (χ4n) is 2.23. The first kappa shape index (κ1) is 17.3. The van der Waals surface area contributed by atoms with Crippen molar-refractivity contribution in [2.45, 2.75) is 19.6 Å². The molecule has 3 rings (SSSR count). The van der Waals surface area contributed by atoms with E-state index in [0.717, 1.165) is 0 Å². The molecule has 0 fully saturated rings. The van der Waals surface area contributed by atoms with E-state index in [2.05, 4.69) is 20.5 Å². The molecule has 9 nitrogen and oxygen atoms in total. The van der Waals surface area contributed by atoms with Crippen molar-refractivity contribution in [2.24, 2.45) is 0 Å². The summed E-state index contributed by atoms with van der Waals surface area (Å²) in [5.41, 5.74) is -0.267. The normalized spacial score (nSPS) is 11.7. The lowest BCUT2D eigenvalue weighted by Gasteiger charge is -2.15. The number of nitrogens with zero attached hydrogens (tertiary/aromatic N) is 5. The highest BCUT2D eigenvalue weighted by molar-refractivity contribution is 5.80. The highest BCUT2D eigenvalue weighted by Gasteiger charge is 2.14. The predicted molar refractivity (Wildman–Crippen MR) is 93.0 cm³/mol. The summed E-state index contributed by atoms with van der Waals surface area (Å²) in [5.74, 6) is 0.817. The van der Waals surface area contributed by atoms with Gasteiger partial charge < -0.3 is 10.1 Å². The van der Waals surface area contributed by atoms with Gasteiger partial charge in [-0.15, -0.1) is 5.10 Å². The number of nitrogens with one attached hydrogen (secondary N) is 1. The van der Waals surface area contributed by atoms with Crippen molar-refractivity contribution in [3.8, 4) is 11.6 Å². The summed E-state index contributed by atoms with van der Waals surface area (Å²) in [7, 11) is 0. The van der Waals surface area contributed by atoms with Crippen LogP contribution < -0.4 is 15.6 Å². The van der Waals surface area contributed by atoms with E-state index >= 15 is 0 Å². The van der Waals surface area contributed by atoms with Crippen LogP contribution in [-0.4, -0.2) is 43.1 Å². The fourth-order valence-corrected chi connectivity index (χ4v) is 2.23. The third kappa shape index (κ3) is 4.32. The van der Waals surface area contributed by atoms with Gasteiger partial charge in [-0.2, -0.15) is 5.10 Å². The van der Waals surface area contributed by atoms with Crippen LogP contribution in [0.3, 0.4) is 0 Å². The Morgan fingerprint density at radius 2 is 2.04 bits per heavy atom. The van der Waals surface area contributed by atoms with Crippen molar-refractivity contribution in [3.63, 3.8) is 0 Å². The minimum atomic E-state index is -0.649. The number of carbonyl (C=O) groups is 1. The van der Waals surface area contributed by atoms with E-state index in [1.54, 1.807) is 25.1 Å². The van der Waals surface area contributed by atoms with Gasteiger partial charge in [0.05, 0.1) is 6.54 Å². The molecule has 26 heavy (non-hydrogen) atoms. The van der Waals surface area contributed by atoms with Gasteiger partial charge in [0.25, 0.3) is 11.5 Å². The summed E-state index contributed by atoms with van der Waals surface area (Å²) in [6, 6.07) is 12.1. The average Bonchev–Trinajstić information content (AvgIpc) is 3.18. The van der Waals surface area contributed by atoms with Crippen LogP contribution in [0.2, 0.25) is 0 Å². The smallest absolute Gasteiger partial charge is 0.266 e. The van der Waals surface area contributed by atoms with Crippen molar-refractivity contribution in [2.75, 3.05) is 6.54 Å². The molecular formula is C17H18N6O3. The summed E-state index contributed by atoms with van der Waals surface area (Å²) in [5, 5.41) is 10.9. The maximum absolute atomic E-state index is 12.1. The van der Waals surface area contributed by atoms with Crippen LogP contribution in [0, 0.1) is 0 Å². The first-order valence-electron chi connectivity index (χ1n) is 8.06. The van der Waals surface area contributed by atoms with E-state index in [1.165, 1.54) is 28.1 Å². The third-order valence-electron chi connectivity index (χ3n) is 3.55. The number of rotatable bonds is 7. The Labute approximate surface area is 149 Å². The molecule has 0 saturated heterocycles. The van der Waals surface area contributed by atoms with Gasteiger partial charge in [-0.25, -0.2) is 14.3 Å². The highest BCUT2D eigenvalue weighted by atomic mass is 16.5. The molecule has 1 amide bonds. The van der Waals surface area contributed by atoms with Crippen molar-refractivity contribution >= 4 is 5.91 Å². The topological polar surface area (TPSA) is 104 Å². The first-order valence-corrected chi connectivity index (χ1v) is 8.06.